The Hall–Kier alpha value is -2.39. The van der Waals surface area contributed by atoms with Crippen LogP contribution in [0.15, 0.2) is 53.4 Å². The number of imidazole rings is 1. The van der Waals surface area contributed by atoms with E-state index in [1.165, 1.54) is 31.4 Å². The standard InChI is InChI=1S/C22H24F3N3O2S/c23-22(24,25)21-27-19-8-4-5-9-20(19)28(21)15-14-26-31(29,30)18-12-10-17(11-13-18)16-6-2-1-3-7-16/h4-5,8-13,16,26H,1-3,6-7,14-15H2. The number of hydrogen-bond donors (Lipinski definition) is 1. The average Bonchev–Trinajstić information content (AvgIpc) is 3.14. The summed E-state index contributed by atoms with van der Waals surface area (Å²) in [5.41, 5.74) is 1.67. The quantitative estimate of drug-likeness (QED) is 0.568. The van der Waals surface area contributed by atoms with E-state index in [-0.39, 0.29) is 23.5 Å². The topological polar surface area (TPSA) is 64.0 Å². The molecule has 0 amide bonds. The molecule has 1 fully saturated rings. The first-order chi connectivity index (χ1) is 14.8. The fourth-order valence-electron chi connectivity index (χ4n) is 4.25. The predicted molar refractivity (Wildman–Crippen MR) is 112 cm³/mol. The summed E-state index contributed by atoms with van der Waals surface area (Å²) in [6.45, 7) is -0.370. The molecule has 4 rings (SSSR count). The number of fused-ring (bicyclic) bond motifs is 1. The summed E-state index contributed by atoms with van der Waals surface area (Å²) in [5, 5.41) is 0. The van der Waals surface area contributed by atoms with Crippen molar-refractivity contribution in [2.45, 2.75) is 55.6 Å². The zero-order valence-corrected chi connectivity index (χ0v) is 17.7. The average molecular weight is 452 g/mol. The first kappa shape index (κ1) is 21.8. The first-order valence-corrected chi connectivity index (χ1v) is 11.9. The molecule has 0 atom stereocenters. The van der Waals surface area contributed by atoms with E-state index in [2.05, 4.69) is 9.71 Å². The highest BCUT2D eigenvalue weighted by Gasteiger charge is 2.37. The van der Waals surface area contributed by atoms with Gasteiger partial charge in [-0.05, 0) is 48.6 Å². The summed E-state index contributed by atoms with van der Waals surface area (Å²) < 4.78 is 68.8. The molecule has 3 aromatic rings. The van der Waals surface area contributed by atoms with Crippen molar-refractivity contribution in [3.8, 4) is 0 Å². The van der Waals surface area contributed by atoms with Crippen LogP contribution in [-0.2, 0) is 22.7 Å². The van der Waals surface area contributed by atoms with Crippen molar-refractivity contribution in [1.82, 2.24) is 14.3 Å². The number of hydrogen-bond acceptors (Lipinski definition) is 3. The summed E-state index contributed by atoms with van der Waals surface area (Å²) in [4.78, 5) is 3.78. The van der Waals surface area contributed by atoms with Crippen LogP contribution in [0.4, 0.5) is 13.2 Å². The van der Waals surface area contributed by atoms with Crippen LogP contribution in [0.5, 0.6) is 0 Å². The smallest absolute Gasteiger partial charge is 0.319 e. The highest BCUT2D eigenvalue weighted by Crippen LogP contribution is 2.33. The van der Waals surface area contributed by atoms with Crippen LogP contribution >= 0.6 is 0 Å². The molecule has 9 heteroatoms. The molecule has 5 nitrogen and oxygen atoms in total. The van der Waals surface area contributed by atoms with E-state index in [1.54, 1.807) is 24.3 Å². The van der Waals surface area contributed by atoms with Gasteiger partial charge in [-0.1, -0.05) is 43.5 Å². The molecule has 1 aliphatic carbocycles. The van der Waals surface area contributed by atoms with Gasteiger partial charge in [0.05, 0.1) is 15.9 Å². The monoisotopic (exact) mass is 451 g/mol. The molecular weight excluding hydrogens is 427 g/mol. The van der Waals surface area contributed by atoms with Crippen LogP contribution in [0.25, 0.3) is 11.0 Å². The fraction of sp³-hybridized carbons (Fsp3) is 0.409. The Morgan fingerprint density at radius 1 is 1.00 bits per heavy atom. The van der Waals surface area contributed by atoms with Crippen LogP contribution in [0.2, 0.25) is 0 Å². The molecule has 1 heterocycles. The van der Waals surface area contributed by atoms with E-state index < -0.39 is 22.0 Å². The van der Waals surface area contributed by atoms with Gasteiger partial charge in [0, 0.05) is 13.1 Å². The van der Waals surface area contributed by atoms with Crippen molar-refractivity contribution < 1.29 is 21.6 Å². The Balaban J connectivity index is 1.47. The molecule has 1 aromatic heterocycles. The molecule has 0 aliphatic heterocycles. The number of aromatic nitrogens is 2. The zero-order chi connectivity index (χ0) is 22.1. The maximum absolute atomic E-state index is 13.4. The first-order valence-electron chi connectivity index (χ1n) is 10.4. The molecule has 0 saturated heterocycles. The number of alkyl halides is 3. The number of nitrogens with zero attached hydrogens (tertiary/aromatic N) is 2. The van der Waals surface area contributed by atoms with Crippen LogP contribution in [-0.4, -0.2) is 24.5 Å². The number of benzene rings is 2. The number of halogens is 3. The van der Waals surface area contributed by atoms with Gasteiger partial charge in [-0.25, -0.2) is 18.1 Å². The zero-order valence-electron chi connectivity index (χ0n) is 16.9. The van der Waals surface area contributed by atoms with Gasteiger partial charge in [-0.2, -0.15) is 13.2 Å². The third-order valence-corrected chi connectivity index (χ3v) is 7.28. The normalized spacial score (nSPS) is 16.1. The van der Waals surface area contributed by atoms with Crippen molar-refractivity contribution in [2.75, 3.05) is 6.54 Å². The Bertz CT molecular complexity index is 1150. The van der Waals surface area contributed by atoms with E-state index in [9.17, 15) is 21.6 Å². The van der Waals surface area contributed by atoms with Crippen molar-refractivity contribution in [3.63, 3.8) is 0 Å². The van der Waals surface area contributed by atoms with Gasteiger partial charge in [0.25, 0.3) is 0 Å². The summed E-state index contributed by atoms with van der Waals surface area (Å²) in [6, 6.07) is 13.1. The molecular formula is C22H24F3N3O2S. The van der Waals surface area contributed by atoms with E-state index in [4.69, 9.17) is 0 Å². The van der Waals surface area contributed by atoms with Crippen LogP contribution in [0, 0.1) is 0 Å². The Kier molecular flexibility index (Phi) is 6.07. The predicted octanol–water partition coefficient (Wildman–Crippen LogP) is 5.08. The van der Waals surface area contributed by atoms with Crippen molar-refractivity contribution in [3.05, 3.63) is 59.9 Å². The SMILES string of the molecule is O=S(=O)(NCCn1c(C(F)(F)F)nc2ccccc21)c1ccc(C2CCCCC2)cc1. The van der Waals surface area contributed by atoms with E-state index in [0.29, 0.717) is 11.4 Å². The third-order valence-electron chi connectivity index (χ3n) is 5.80. The minimum atomic E-state index is -4.63. The van der Waals surface area contributed by atoms with Gasteiger partial charge in [0.15, 0.2) is 0 Å². The van der Waals surface area contributed by atoms with Crippen molar-refractivity contribution >= 4 is 21.1 Å². The molecule has 1 N–H and O–H groups in total. The summed E-state index contributed by atoms with van der Waals surface area (Å²) in [7, 11) is -3.83. The minimum Gasteiger partial charge on any atom is -0.319 e. The van der Waals surface area contributed by atoms with Gasteiger partial charge in [-0.15, -0.1) is 0 Å². The van der Waals surface area contributed by atoms with E-state index >= 15 is 0 Å². The minimum absolute atomic E-state index is 0.110. The number of rotatable bonds is 6. The molecule has 0 radical (unpaired) electrons. The second-order valence-electron chi connectivity index (χ2n) is 7.88. The largest absolute Gasteiger partial charge is 0.449 e. The van der Waals surface area contributed by atoms with Gasteiger partial charge >= 0.3 is 6.18 Å². The van der Waals surface area contributed by atoms with Gasteiger partial charge < -0.3 is 4.57 Å². The van der Waals surface area contributed by atoms with Gasteiger partial charge in [0.1, 0.15) is 0 Å². The summed E-state index contributed by atoms with van der Waals surface area (Å²) >= 11 is 0. The molecule has 0 bridgehead atoms. The van der Waals surface area contributed by atoms with Gasteiger partial charge in [0.2, 0.25) is 15.8 Å². The Labute approximate surface area is 179 Å². The molecule has 166 valence electrons. The van der Waals surface area contributed by atoms with Crippen molar-refractivity contribution in [2.24, 2.45) is 0 Å². The molecule has 0 spiro atoms. The molecule has 1 aliphatic rings. The third kappa shape index (κ3) is 4.77. The maximum atomic E-state index is 13.4. The second kappa shape index (κ2) is 8.63. The Morgan fingerprint density at radius 2 is 1.68 bits per heavy atom. The number of para-hydroxylation sites is 2. The molecule has 31 heavy (non-hydrogen) atoms. The Morgan fingerprint density at radius 3 is 2.35 bits per heavy atom. The molecule has 1 saturated carbocycles. The molecule has 2 aromatic carbocycles. The second-order valence-corrected chi connectivity index (χ2v) is 9.64. The fourth-order valence-corrected chi connectivity index (χ4v) is 5.27. The number of sulfonamides is 1. The lowest BCUT2D eigenvalue weighted by molar-refractivity contribution is -0.146. The highest BCUT2D eigenvalue weighted by atomic mass is 32.2. The maximum Gasteiger partial charge on any atom is 0.449 e. The van der Waals surface area contributed by atoms with Crippen LogP contribution in [0.1, 0.15) is 49.4 Å². The lowest BCUT2D eigenvalue weighted by Crippen LogP contribution is -2.28. The summed E-state index contributed by atoms with van der Waals surface area (Å²) in [5.74, 6) is -0.571. The van der Waals surface area contributed by atoms with E-state index in [1.807, 2.05) is 12.1 Å². The van der Waals surface area contributed by atoms with E-state index in [0.717, 1.165) is 23.0 Å². The lowest BCUT2D eigenvalue weighted by Gasteiger charge is -2.22. The van der Waals surface area contributed by atoms with Gasteiger partial charge in [-0.3, -0.25) is 0 Å². The number of nitrogens with one attached hydrogen (secondary N) is 1. The van der Waals surface area contributed by atoms with Crippen molar-refractivity contribution in [1.29, 1.82) is 0 Å². The molecule has 0 unspecified atom stereocenters. The van der Waals surface area contributed by atoms with Crippen LogP contribution in [0.3, 0.4) is 0 Å². The summed E-state index contributed by atoms with van der Waals surface area (Å²) in [6.07, 6.45) is 1.22. The van der Waals surface area contributed by atoms with Crippen LogP contribution < -0.4 is 4.72 Å². The lowest BCUT2D eigenvalue weighted by atomic mass is 9.84. The highest BCUT2D eigenvalue weighted by molar-refractivity contribution is 7.89.